The van der Waals surface area contributed by atoms with E-state index in [9.17, 15) is 4.79 Å². The number of hydrogen-bond acceptors (Lipinski definition) is 1. The average molecular weight is 340 g/mol. The molecule has 1 nitrogen and oxygen atoms in total. The van der Waals surface area contributed by atoms with Crippen LogP contribution in [0.4, 0.5) is 4.79 Å². The number of carbonyl (C=O) groups is 1. The summed E-state index contributed by atoms with van der Waals surface area (Å²) >= 11 is 0.662. The van der Waals surface area contributed by atoms with Crippen LogP contribution < -0.4 is 0 Å². The van der Waals surface area contributed by atoms with Gasteiger partial charge in [0.25, 0.3) is 0 Å². The first-order valence-corrected chi connectivity index (χ1v) is 7.77. The van der Waals surface area contributed by atoms with Gasteiger partial charge in [-0.25, -0.2) is 0 Å². The van der Waals surface area contributed by atoms with Gasteiger partial charge in [-0.15, -0.1) is 0 Å². The van der Waals surface area contributed by atoms with Crippen molar-refractivity contribution >= 4 is 49.4 Å². The van der Waals surface area contributed by atoms with E-state index in [1.807, 2.05) is 0 Å². The average Bonchev–Trinajstić information content (AvgIpc) is 0.811. The second kappa shape index (κ2) is 4.11. The second-order valence-corrected chi connectivity index (χ2v) is 30.4. The summed E-state index contributed by atoms with van der Waals surface area (Å²) in [5, 5.41) is 0. The molecule has 0 aliphatic rings. The Morgan fingerprint density at radius 1 is 2.00 bits per heavy atom. The summed E-state index contributed by atoms with van der Waals surface area (Å²) in [7, 11) is 0. The van der Waals surface area contributed by atoms with E-state index in [-0.39, 0.29) is 42.8 Å². The van der Waals surface area contributed by atoms with Gasteiger partial charge < -0.3 is 0 Å². The van der Waals surface area contributed by atoms with E-state index >= 15 is 0 Å². The Bertz CT molecular complexity index is 31.0. The summed E-state index contributed by atoms with van der Waals surface area (Å²) in [5.41, 5.74) is 0. The molecule has 0 rings (SSSR count). The molecule has 0 aliphatic heterocycles. The maximum absolute atomic E-state index is 9.64. The van der Waals surface area contributed by atoms with Gasteiger partial charge in [0.05, 0.1) is 0 Å². The van der Waals surface area contributed by atoms with E-state index in [0.29, 0.717) is 49.4 Å². The molecule has 0 amide bonds. The third-order valence-corrected chi connectivity index (χ3v) is 0. The van der Waals surface area contributed by atoms with Crippen molar-refractivity contribution in [2.24, 2.45) is 0 Å². The van der Waals surface area contributed by atoms with Crippen LogP contribution in [-0.4, -0.2) is 49.4 Å². The second-order valence-electron chi connectivity index (χ2n) is 0.908. The molecule has 0 spiro atoms. The Labute approximate surface area is 93.4 Å². The Balaban J connectivity index is 2.80. The van der Waals surface area contributed by atoms with Crippen LogP contribution >= 0.6 is 0 Å². The zero-order valence-electron chi connectivity index (χ0n) is 2.91. The van der Waals surface area contributed by atoms with Gasteiger partial charge in [0.15, 0.2) is 0 Å². The molecule has 3 heteroatoms. The van der Waals surface area contributed by atoms with Gasteiger partial charge >= 0.3 is 97.0 Å². The van der Waals surface area contributed by atoms with Gasteiger partial charge in [-0.1, -0.05) is 0 Å². The van der Waals surface area contributed by atoms with Crippen molar-refractivity contribution in [1.82, 2.24) is 0 Å². The Hall–Kier alpha value is 2.94. The van der Waals surface area contributed by atoms with Crippen molar-refractivity contribution < 1.29 is 47.6 Å². The molecule has 0 aromatic rings. The molecule has 0 heterocycles. The summed E-state index contributed by atoms with van der Waals surface area (Å²) in [4.78, 5) is 9.64. The summed E-state index contributed by atoms with van der Waals surface area (Å²) in [6.07, 6.45) is 0. The normalized spacial score (nSPS) is 6.25. The number of carbonyl (C=O) groups excluding carboxylic acids is 1. The van der Waals surface area contributed by atoms with E-state index in [1.165, 1.54) is 0 Å². The van der Waals surface area contributed by atoms with Gasteiger partial charge in [0, 0.05) is 0 Å². The quantitative estimate of drug-likeness (QED) is 0.584. The van der Waals surface area contributed by atoms with Crippen LogP contribution in [0.2, 0.25) is 0 Å². The van der Waals surface area contributed by atoms with Gasteiger partial charge in [0.2, 0.25) is 0 Å². The minimum atomic E-state index is 0.269. The first-order chi connectivity index (χ1) is 1.73. The first-order valence-electron chi connectivity index (χ1n) is 1.20. The summed E-state index contributed by atoms with van der Waals surface area (Å²) in [6.45, 7) is 0. The molecule has 0 aromatic heterocycles. The van der Waals surface area contributed by atoms with Crippen LogP contribution in [0.1, 0.15) is 0 Å². The van der Waals surface area contributed by atoms with Crippen LogP contribution in [0.5, 0.6) is 0 Å². The monoisotopic (exact) mass is 340 g/mol. The van der Waals surface area contributed by atoms with Crippen LogP contribution in [0, 0.1) is 42.8 Å². The third kappa shape index (κ3) is 8.87. The van der Waals surface area contributed by atoms with Crippen molar-refractivity contribution in [2.75, 3.05) is 0 Å². The van der Waals surface area contributed by atoms with Crippen molar-refractivity contribution in [2.45, 2.75) is 0 Å². The Morgan fingerprint density at radius 2 is 2.00 bits per heavy atom. The summed E-state index contributed by atoms with van der Waals surface area (Å²) < 4.78 is 0.606. The zero-order valence-corrected chi connectivity index (χ0v) is 16.0. The molecule has 14 valence electrons. The molecule has 4 heavy (non-hydrogen) atoms. The predicted molar refractivity (Wildman–Crippen MR) is 12.5 cm³/mol. The molecule has 0 N–H and O–H groups in total. The van der Waals surface area contributed by atoms with Crippen LogP contribution in [0.25, 0.3) is 0 Å². The fraction of sp³-hybridized carbons (Fsp3) is 0. The minimum absolute atomic E-state index is 0.269. The Kier molecular flexibility index (Phi) is 7.14. The van der Waals surface area contributed by atoms with E-state index in [0.717, 1.165) is 0 Å². The summed E-state index contributed by atoms with van der Waals surface area (Å²) in [6, 6.07) is 0. The van der Waals surface area contributed by atoms with Gasteiger partial charge in [0.1, 0.15) is 0 Å². The van der Waals surface area contributed by atoms with Crippen molar-refractivity contribution in [3.63, 3.8) is 0 Å². The molecule has 0 bridgehead atoms. The molecule has 0 aliphatic carbocycles. The molecule has 0 saturated heterocycles. The van der Waals surface area contributed by atoms with Crippen LogP contribution in [0.3, 0.4) is 0 Å². The van der Waals surface area contributed by atoms with E-state index in [1.54, 1.807) is 0 Å². The standard InChI is InChI=1S/CO.Ra.Rb.H/c1-2;;;. The molecule has 0 fully saturated rings. The van der Waals surface area contributed by atoms with Crippen LogP contribution in [-0.2, 0) is 0 Å². The molecular formula is CHORaRb. The SMILES string of the molecule is O=[C]([Rb])[RaH]. The predicted octanol–water partition coefficient (Wildman–Crippen LogP) is -0.444. The fourth-order valence-corrected chi connectivity index (χ4v) is 0. The van der Waals surface area contributed by atoms with Crippen molar-refractivity contribution in [3.05, 3.63) is 0 Å². The maximum atomic E-state index is 9.64. The molecule has 0 saturated carbocycles. The number of rotatable bonds is 0. The molecule has 0 radical (unpaired) electrons. The molecule has 0 aromatic carbocycles. The van der Waals surface area contributed by atoms with Crippen molar-refractivity contribution in [1.29, 1.82) is 0 Å². The Morgan fingerprint density at radius 3 is 2.00 bits per heavy atom. The van der Waals surface area contributed by atoms with Gasteiger partial charge in [-0.3, -0.25) is 0 Å². The van der Waals surface area contributed by atoms with Crippen LogP contribution in [0.15, 0.2) is 0 Å². The molecular weight excluding hydrogens is 339 g/mol. The summed E-state index contributed by atoms with van der Waals surface area (Å²) in [5.74, 6) is 0. The topological polar surface area (TPSA) is 17.1 Å². The van der Waals surface area contributed by atoms with Gasteiger partial charge in [-0.2, -0.15) is 0 Å². The zero-order chi connectivity index (χ0) is 3.58. The van der Waals surface area contributed by atoms with E-state index in [4.69, 9.17) is 0 Å². The van der Waals surface area contributed by atoms with E-state index < -0.39 is 0 Å². The molecule has 0 unspecified atom stereocenters. The first kappa shape index (κ1) is 6.94. The van der Waals surface area contributed by atoms with Crippen molar-refractivity contribution in [3.8, 4) is 0 Å². The number of hydrogen-bond donors (Lipinski definition) is 0. The molecule has 0 atom stereocenters. The van der Waals surface area contributed by atoms with Gasteiger partial charge in [-0.05, 0) is 0 Å². The van der Waals surface area contributed by atoms with E-state index in [2.05, 4.69) is 0 Å². The third-order valence-electron chi connectivity index (χ3n) is 0. The fourth-order valence-electron chi connectivity index (χ4n) is 0.